The third kappa shape index (κ3) is 6.45. The smallest absolute Gasteiger partial charge is 0.244 e. The minimum absolute atomic E-state index is 0.0133. The fraction of sp³-hybridized carbons (Fsp3) is 0.190. The van der Waals surface area contributed by atoms with Crippen molar-refractivity contribution in [2.24, 2.45) is 0 Å². The number of hydrogen-bond donors (Lipinski definition) is 3. The highest BCUT2D eigenvalue weighted by atomic mass is 32.2. The Morgan fingerprint density at radius 1 is 1.03 bits per heavy atom. The number of carbonyl (C=O) groups excluding carboxylic acids is 2. The predicted octanol–water partition coefficient (Wildman–Crippen LogP) is 3.00. The van der Waals surface area contributed by atoms with Crippen molar-refractivity contribution in [1.82, 2.24) is 9.71 Å². The maximum Gasteiger partial charge on any atom is 0.244 e. The molecule has 2 amide bonds. The number of anilines is 2. The van der Waals surface area contributed by atoms with E-state index in [1.165, 1.54) is 49.4 Å². The summed E-state index contributed by atoms with van der Waals surface area (Å²) >= 11 is 1.34. The van der Waals surface area contributed by atoms with Crippen LogP contribution in [-0.2, 0) is 26.0 Å². The highest BCUT2D eigenvalue weighted by Gasteiger charge is 2.23. The highest BCUT2D eigenvalue weighted by molar-refractivity contribution is 7.89. The quantitative estimate of drug-likeness (QED) is 0.480. The standard InChI is InChI=1S/C21H22N4O4S2/c1-14(25-31(28,29)19-10-8-17(9-11-19)23-15(2)26)20(27)24-21-22-13-18(30-21)12-16-6-4-3-5-7-16/h3-11,13-14,25H,12H2,1-2H3,(H,23,26)(H,22,24,27)/t14-/m1/s1. The first-order valence-corrected chi connectivity index (χ1v) is 11.7. The Labute approximate surface area is 184 Å². The van der Waals surface area contributed by atoms with Gasteiger partial charge in [0.2, 0.25) is 21.8 Å². The number of hydrogen-bond acceptors (Lipinski definition) is 6. The summed E-state index contributed by atoms with van der Waals surface area (Å²) in [5.74, 6) is -0.771. The van der Waals surface area contributed by atoms with Gasteiger partial charge in [0.05, 0.1) is 10.9 Å². The summed E-state index contributed by atoms with van der Waals surface area (Å²) in [6.45, 7) is 2.82. The normalized spacial score (nSPS) is 12.2. The summed E-state index contributed by atoms with van der Waals surface area (Å²) in [6.07, 6.45) is 2.39. The number of nitrogens with one attached hydrogen (secondary N) is 3. The second-order valence-corrected chi connectivity index (χ2v) is 9.66. The van der Waals surface area contributed by atoms with E-state index in [2.05, 4.69) is 20.3 Å². The molecular weight excluding hydrogens is 436 g/mol. The van der Waals surface area contributed by atoms with Crippen molar-refractivity contribution < 1.29 is 18.0 Å². The molecule has 0 bridgehead atoms. The van der Waals surface area contributed by atoms with E-state index >= 15 is 0 Å². The Bertz CT molecular complexity index is 1160. The van der Waals surface area contributed by atoms with Crippen LogP contribution in [0.1, 0.15) is 24.3 Å². The monoisotopic (exact) mass is 458 g/mol. The molecular formula is C21H22N4O4S2. The number of benzene rings is 2. The van der Waals surface area contributed by atoms with Crippen LogP contribution in [0.4, 0.5) is 10.8 Å². The van der Waals surface area contributed by atoms with Gasteiger partial charge in [-0.1, -0.05) is 30.3 Å². The fourth-order valence-electron chi connectivity index (χ4n) is 2.73. The van der Waals surface area contributed by atoms with Gasteiger partial charge in [0.1, 0.15) is 0 Å². The van der Waals surface area contributed by atoms with Crippen molar-refractivity contribution >= 4 is 44.0 Å². The van der Waals surface area contributed by atoms with Gasteiger partial charge in [0.15, 0.2) is 5.13 Å². The lowest BCUT2D eigenvalue weighted by molar-refractivity contribution is -0.117. The molecule has 0 aliphatic rings. The molecule has 0 aliphatic heterocycles. The van der Waals surface area contributed by atoms with Crippen LogP contribution in [0, 0.1) is 0 Å². The van der Waals surface area contributed by atoms with E-state index < -0.39 is 22.0 Å². The van der Waals surface area contributed by atoms with Gasteiger partial charge in [0.25, 0.3) is 0 Å². The van der Waals surface area contributed by atoms with E-state index in [0.29, 0.717) is 17.2 Å². The fourth-order valence-corrected chi connectivity index (χ4v) is 4.79. The molecule has 0 aliphatic carbocycles. The largest absolute Gasteiger partial charge is 0.326 e. The molecule has 0 fully saturated rings. The molecule has 0 spiro atoms. The summed E-state index contributed by atoms with van der Waals surface area (Å²) in [5, 5.41) is 5.61. The maximum absolute atomic E-state index is 12.5. The summed E-state index contributed by atoms with van der Waals surface area (Å²) in [7, 11) is -3.92. The van der Waals surface area contributed by atoms with Gasteiger partial charge in [0, 0.05) is 30.1 Å². The minimum Gasteiger partial charge on any atom is -0.326 e. The van der Waals surface area contributed by atoms with Crippen LogP contribution < -0.4 is 15.4 Å². The Balaban J connectivity index is 1.59. The Kier molecular flexibility index (Phi) is 7.16. The second kappa shape index (κ2) is 9.82. The zero-order valence-electron chi connectivity index (χ0n) is 17.0. The summed E-state index contributed by atoms with van der Waals surface area (Å²) < 4.78 is 27.4. The van der Waals surface area contributed by atoms with Crippen LogP contribution in [0.2, 0.25) is 0 Å². The van der Waals surface area contributed by atoms with E-state index in [-0.39, 0.29) is 10.8 Å². The predicted molar refractivity (Wildman–Crippen MR) is 121 cm³/mol. The number of aromatic nitrogens is 1. The number of nitrogens with zero attached hydrogens (tertiary/aromatic N) is 1. The SMILES string of the molecule is CC(=O)Nc1ccc(S(=O)(=O)N[C@H](C)C(=O)Nc2ncc(Cc3ccccc3)s2)cc1. The molecule has 3 aromatic rings. The molecule has 0 radical (unpaired) electrons. The number of thiazole rings is 1. The highest BCUT2D eigenvalue weighted by Crippen LogP contribution is 2.21. The van der Waals surface area contributed by atoms with Crippen molar-refractivity contribution in [2.45, 2.75) is 31.2 Å². The van der Waals surface area contributed by atoms with Gasteiger partial charge in [-0.05, 0) is 36.8 Å². The first-order valence-electron chi connectivity index (χ1n) is 9.42. The van der Waals surface area contributed by atoms with Gasteiger partial charge in [-0.3, -0.25) is 9.59 Å². The molecule has 0 saturated heterocycles. The van der Waals surface area contributed by atoms with Crippen molar-refractivity contribution in [1.29, 1.82) is 0 Å². The molecule has 1 aromatic heterocycles. The van der Waals surface area contributed by atoms with Crippen molar-refractivity contribution in [2.75, 3.05) is 10.6 Å². The number of rotatable bonds is 8. The minimum atomic E-state index is -3.92. The topological polar surface area (TPSA) is 117 Å². The summed E-state index contributed by atoms with van der Waals surface area (Å²) in [4.78, 5) is 28.7. The number of amides is 2. The van der Waals surface area contributed by atoms with Crippen LogP contribution in [0.5, 0.6) is 0 Å². The molecule has 162 valence electrons. The van der Waals surface area contributed by atoms with Crippen LogP contribution in [0.15, 0.2) is 65.7 Å². The van der Waals surface area contributed by atoms with E-state index in [1.54, 1.807) is 6.20 Å². The zero-order valence-corrected chi connectivity index (χ0v) is 18.6. The van der Waals surface area contributed by atoms with Gasteiger partial charge in [-0.25, -0.2) is 13.4 Å². The first kappa shape index (κ1) is 22.6. The van der Waals surface area contributed by atoms with E-state index in [4.69, 9.17) is 0 Å². The lowest BCUT2D eigenvalue weighted by Crippen LogP contribution is -2.41. The van der Waals surface area contributed by atoms with Gasteiger partial charge in [-0.2, -0.15) is 4.72 Å². The third-order valence-corrected chi connectivity index (χ3v) is 6.68. The van der Waals surface area contributed by atoms with Gasteiger partial charge < -0.3 is 10.6 Å². The van der Waals surface area contributed by atoms with E-state index in [0.717, 1.165) is 10.4 Å². The molecule has 2 aromatic carbocycles. The Morgan fingerprint density at radius 2 is 1.71 bits per heavy atom. The molecule has 3 N–H and O–H groups in total. The third-order valence-electron chi connectivity index (χ3n) is 4.22. The average molecular weight is 459 g/mol. The van der Waals surface area contributed by atoms with Crippen LogP contribution in [0.3, 0.4) is 0 Å². The molecule has 0 saturated carbocycles. The number of sulfonamides is 1. The maximum atomic E-state index is 12.5. The van der Waals surface area contributed by atoms with Crippen LogP contribution >= 0.6 is 11.3 Å². The molecule has 0 unspecified atom stereocenters. The molecule has 31 heavy (non-hydrogen) atoms. The molecule has 1 atom stereocenters. The molecule has 1 heterocycles. The second-order valence-electron chi connectivity index (χ2n) is 6.83. The average Bonchev–Trinajstić information content (AvgIpc) is 3.15. The Morgan fingerprint density at radius 3 is 2.35 bits per heavy atom. The van der Waals surface area contributed by atoms with E-state index in [1.807, 2.05) is 30.3 Å². The summed E-state index contributed by atoms with van der Waals surface area (Å²) in [6, 6.07) is 14.5. The van der Waals surface area contributed by atoms with E-state index in [9.17, 15) is 18.0 Å². The molecule has 10 heteroatoms. The van der Waals surface area contributed by atoms with Crippen molar-refractivity contribution in [3.05, 3.63) is 71.2 Å². The zero-order chi connectivity index (χ0) is 22.4. The van der Waals surface area contributed by atoms with Crippen LogP contribution in [-0.4, -0.2) is 31.3 Å². The Hall–Kier alpha value is -3.08. The van der Waals surface area contributed by atoms with Gasteiger partial charge >= 0.3 is 0 Å². The molecule has 3 rings (SSSR count). The summed E-state index contributed by atoms with van der Waals surface area (Å²) in [5.41, 5.74) is 1.61. The number of carbonyl (C=O) groups is 2. The van der Waals surface area contributed by atoms with Crippen LogP contribution in [0.25, 0.3) is 0 Å². The lowest BCUT2D eigenvalue weighted by Gasteiger charge is -2.13. The first-order chi connectivity index (χ1) is 14.7. The lowest BCUT2D eigenvalue weighted by atomic mass is 10.1. The molecule has 8 nitrogen and oxygen atoms in total. The van der Waals surface area contributed by atoms with Crippen molar-refractivity contribution in [3.63, 3.8) is 0 Å². The van der Waals surface area contributed by atoms with Crippen molar-refractivity contribution in [3.8, 4) is 0 Å². The van der Waals surface area contributed by atoms with Gasteiger partial charge in [-0.15, -0.1) is 11.3 Å².